The second kappa shape index (κ2) is 29.3. The SMILES string of the molecule is C#CCC.CC(C)CC[C@H](O)CNC(=O)C(C)C.CC1CCCCC1.CCN(CC)CCN(C)S(=O)(=O)C[C@@H](Cc1ccccc1)C(N)=O. The average Bonchev–Trinajstić information content (AvgIpc) is 3.07. The Bertz CT molecular complexity index is 1110. The van der Waals surface area contributed by atoms with Gasteiger partial charge in [0.25, 0.3) is 0 Å². The molecule has 0 saturated heterocycles. The quantitative estimate of drug-likeness (QED) is 0.168. The predicted octanol–water partition coefficient (Wildman–Crippen LogP) is 6.11. The Labute approximate surface area is 301 Å². The lowest BCUT2D eigenvalue weighted by atomic mass is 9.91. The number of aliphatic hydroxyl groups is 1. The number of hydrogen-bond donors (Lipinski definition) is 3. The minimum atomic E-state index is -3.53. The van der Waals surface area contributed by atoms with E-state index in [0.29, 0.717) is 32.0 Å². The number of terminal acetylenes is 1. The Hall–Kier alpha value is -2.45. The fourth-order valence-corrected chi connectivity index (χ4v) is 6.24. The Morgan fingerprint density at radius 2 is 1.55 bits per heavy atom. The minimum absolute atomic E-state index is 0.00713. The van der Waals surface area contributed by atoms with Crippen LogP contribution in [0.4, 0.5) is 0 Å². The van der Waals surface area contributed by atoms with Crippen LogP contribution in [0.3, 0.4) is 0 Å². The van der Waals surface area contributed by atoms with Crippen LogP contribution in [0.1, 0.15) is 112 Å². The molecule has 0 aliphatic heterocycles. The molecular weight excluding hydrogens is 637 g/mol. The molecule has 1 fully saturated rings. The summed E-state index contributed by atoms with van der Waals surface area (Å²) in [5.74, 6) is 2.50. The van der Waals surface area contributed by atoms with E-state index < -0.39 is 28.0 Å². The van der Waals surface area contributed by atoms with Crippen molar-refractivity contribution in [1.82, 2.24) is 14.5 Å². The Kier molecular flexibility index (Phi) is 29.1. The molecule has 0 bridgehead atoms. The van der Waals surface area contributed by atoms with Crippen molar-refractivity contribution in [2.24, 2.45) is 29.4 Å². The molecule has 1 aliphatic carbocycles. The Balaban J connectivity index is 0. The van der Waals surface area contributed by atoms with Gasteiger partial charge in [0.05, 0.1) is 17.8 Å². The van der Waals surface area contributed by atoms with Gasteiger partial charge in [0.15, 0.2) is 0 Å². The summed E-state index contributed by atoms with van der Waals surface area (Å²) in [5, 5.41) is 12.2. The third-order valence-electron chi connectivity index (χ3n) is 8.45. The third kappa shape index (κ3) is 27.0. The van der Waals surface area contributed by atoms with Crippen LogP contribution >= 0.6 is 0 Å². The molecule has 1 aromatic carbocycles. The van der Waals surface area contributed by atoms with Gasteiger partial charge in [-0.2, -0.15) is 0 Å². The first-order valence-corrected chi connectivity index (χ1v) is 20.0. The van der Waals surface area contributed by atoms with Crippen molar-refractivity contribution < 1.29 is 23.1 Å². The number of carbonyl (C=O) groups excluding carboxylic acids is 2. The van der Waals surface area contributed by atoms with Gasteiger partial charge < -0.3 is 21.1 Å². The van der Waals surface area contributed by atoms with Crippen LogP contribution in [0, 0.1) is 36.0 Å². The molecule has 1 saturated carbocycles. The number of nitrogens with one attached hydrogen (secondary N) is 1. The summed E-state index contributed by atoms with van der Waals surface area (Å²) in [6, 6.07) is 9.33. The number of amides is 2. The number of nitrogens with zero attached hydrogens (tertiary/aromatic N) is 2. The first kappa shape index (κ1) is 48.7. The molecule has 2 amide bonds. The van der Waals surface area contributed by atoms with Crippen LogP contribution in [0.5, 0.6) is 0 Å². The smallest absolute Gasteiger partial charge is 0.222 e. The monoisotopic (exact) mass is 709 g/mol. The first-order valence-electron chi connectivity index (χ1n) is 18.4. The minimum Gasteiger partial charge on any atom is -0.391 e. The number of carbonyl (C=O) groups is 2. The lowest BCUT2D eigenvalue weighted by molar-refractivity contribution is -0.124. The molecule has 0 aromatic heterocycles. The molecule has 9 nitrogen and oxygen atoms in total. The van der Waals surface area contributed by atoms with Crippen LogP contribution in [-0.2, 0) is 26.0 Å². The predicted molar refractivity (Wildman–Crippen MR) is 206 cm³/mol. The summed E-state index contributed by atoms with van der Waals surface area (Å²) < 4.78 is 26.4. The van der Waals surface area contributed by atoms with E-state index in [2.05, 4.69) is 36.9 Å². The van der Waals surface area contributed by atoms with Crippen LogP contribution in [0.2, 0.25) is 0 Å². The third-order valence-corrected chi connectivity index (χ3v) is 10.4. The molecule has 0 unspecified atom stereocenters. The first-order chi connectivity index (χ1) is 23.0. The normalized spacial score (nSPS) is 14.4. The molecule has 1 aromatic rings. The molecule has 2 atom stereocenters. The van der Waals surface area contributed by atoms with Crippen LogP contribution in [-0.4, -0.2) is 86.2 Å². The zero-order valence-electron chi connectivity index (χ0n) is 32.4. The zero-order chi connectivity index (χ0) is 37.8. The molecule has 10 heteroatoms. The fraction of sp³-hybridized carbons (Fsp3) is 0.744. The Morgan fingerprint density at radius 3 is 1.96 bits per heavy atom. The van der Waals surface area contributed by atoms with Crippen LogP contribution < -0.4 is 11.1 Å². The molecule has 284 valence electrons. The molecular formula is C39H72N4O5S. The summed E-state index contributed by atoms with van der Waals surface area (Å²) >= 11 is 0. The molecule has 1 aliphatic rings. The van der Waals surface area contributed by atoms with Crippen LogP contribution in [0.15, 0.2) is 30.3 Å². The van der Waals surface area contributed by atoms with Gasteiger partial charge in [-0.25, -0.2) is 12.7 Å². The molecule has 0 spiro atoms. The summed E-state index contributed by atoms with van der Waals surface area (Å²) in [7, 11) is -1.98. The van der Waals surface area contributed by atoms with Crippen molar-refractivity contribution in [3.05, 3.63) is 35.9 Å². The number of hydrogen-bond acceptors (Lipinski definition) is 6. The highest BCUT2D eigenvalue weighted by atomic mass is 32.2. The maximum atomic E-state index is 12.5. The summed E-state index contributed by atoms with van der Waals surface area (Å²) in [6.45, 7) is 19.5. The van der Waals surface area contributed by atoms with Gasteiger partial charge in [0.2, 0.25) is 21.8 Å². The summed E-state index contributed by atoms with van der Waals surface area (Å²) in [4.78, 5) is 25.0. The van der Waals surface area contributed by atoms with E-state index in [1.54, 1.807) is 7.05 Å². The zero-order valence-corrected chi connectivity index (χ0v) is 33.2. The van der Waals surface area contributed by atoms with Gasteiger partial charge in [-0.3, -0.25) is 9.59 Å². The van der Waals surface area contributed by atoms with Crippen molar-refractivity contribution in [3.63, 3.8) is 0 Å². The lowest BCUT2D eigenvalue weighted by Gasteiger charge is -2.24. The molecule has 49 heavy (non-hydrogen) atoms. The Morgan fingerprint density at radius 1 is 1.00 bits per heavy atom. The van der Waals surface area contributed by atoms with Gasteiger partial charge >= 0.3 is 0 Å². The van der Waals surface area contributed by atoms with E-state index >= 15 is 0 Å². The largest absolute Gasteiger partial charge is 0.391 e. The molecule has 4 N–H and O–H groups in total. The topological polar surface area (TPSA) is 133 Å². The second-order valence-electron chi connectivity index (χ2n) is 13.7. The molecule has 0 radical (unpaired) electrons. The van der Waals surface area contributed by atoms with Gasteiger partial charge in [-0.15, -0.1) is 12.3 Å². The number of primary amides is 1. The number of likely N-dealkylation sites (N-methyl/N-ethyl adjacent to an activating group) is 2. The van der Waals surface area contributed by atoms with E-state index in [1.165, 1.54) is 36.4 Å². The van der Waals surface area contributed by atoms with E-state index in [0.717, 1.165) is 43.8 Å². The fourth-order valence-electron chi connectivity index (χ4n) is 4.84. The van der Waals surface area contributed by atoms with Crippen molar-refractivity contribution in [2.75, 3.05) is 45.5 Å². The van der Waals surface area contributed by atoms with E-state index in [4.69, 9.17) is 12.2 Å². The number of nitrogens with two attached hydrogens (primary N) is 1. The highest BCUT2D eigenvalue weighted by molar-refractivity contribution is 7.89. The maximum absolute atomic E-state index is 12.5. The molecule has 2 rings (SSSR count). The highest BCUT2D eigenvalue weighted by Gasteiger charge is 2.27. The van der Waals surface area contributed by atoms with Crippen molar-refractivity contribution >= 4 is 21.8 Å². The lowest BCUT2D eigenvalue weighted by Crippen LogP contribution is -2.41. The number of rotatable bonds is 17. The van der Waals surface area contributed by atoms with Crippen molar-refractivity contribution in [3.8, 4) is 12.3 Å². The maximum Gasteiger partial charge on any atom is 0.222 e. The summed E-state index contributed by atoms with van der Waals surface area (Å²) in [5.41, 5.74) is 6.33. The average molecular weight is 709 g/mol. The number of benzene rings is 1. The summed E-state index contributed by atoms with van der Waals surface area (Å²) in [6.07, 6.45) is 14.8. The van der Waals surface area contributed by atoms with Gasteiger partial charge in [-0.05, 0) is 49.8 Å². The van der Waals surface area contributed by atoms with Gasteiger partial charge in [0.1, 0.15) is 0 Å². The van der Waals surface area contributed by atoms with Gasteiger partial charge in [-0.1, -0.05) is 118 Å². The number of sulfonamides is 1. The van der Waals surface area contributed by atoms with E-state index in [1.807, 2.05) is 65.0 Å². The number of aliphatic hydroxyl groups excluding tert-OH is 1. The highest BCUT2D eigenvalue weighted by Crippen LogP contribution is 2.22. The standard InChI is InChI=1S/C17H29N3O3S.C11H23NO2.C7H14.C4H6/c1-4-20(5-2)12-11-19(3)24(22,23)14-16(17(18)21)13-15-9-7-6-8-10-15;1-8(2)5-6-10(13)7-12-11(14)9(3)4;1-7-5-3-2-4-6-7;1-3-4-2/h6-10,16H,4-5,11-14H2,1-3H3,(H2,18,21);8-10,13H,5-7H2,1-4H3,(H,12,14);7H,2-6H2,1H3;1H,4H2,2H3/t16-;10-;;/m10../s1. The van der Waals surface area contributed by atoms with E-state index in [9.17, 15) is 23.1 Å². The van der Waals surface area contributed by atoms with Crippen molar-refractivity contribution in [1.29, 1.82) is 0 Å². The molecule has 0 heterocycles. The van der Waals surface area contributed by atoms with E-state index in [-0.39, 0.29) is 17.6 Å². The van der Waals surface area contributed by atoms with Crippen LogP contribution in [0.25, 0.3) is 0 Å². The second-order valence-corrected chi connectivity index (χ2v) is 15.9. The van der Waals surface area contributed by atoms with Crippen molar-refractivity contribution in [2.45, 2.75) is 119 Å². The van der Waals surface area contributed by atoms with Gasteiger partial charge in [0, 0.05) is 39.0 Å².